The van der Waals surface area contributed by atoms with Gasteiger partial charge in [0.15, 0.2) is 0 Å². The van der Waals surface area contributed by atoms with Crippen LogP contribution in [0.4, 0.5) is 0 Å². The van der Waals surface area contributed by atoms with Gasteiger partial charge in [-0.25, -0.2) is 0 Å². The van der Waals surface area contributed by atoms with Gasteiger partial charge in [-0.05, 0) is 87.2 Å². The average Bonchev–Trinajstić information content (AvgIpc) is 3.45. The zero-order chi connectivity index (χ0) is 23.0. The number of aryl methyl sites for hydroxylation is 2. The van der Waals surface area contributed by atoms with Crippen LogP contribution in [-0.4, -0.2) is 34.5 Å². The lowest BCUT2D eigenvalue weighted by atomic mass is 10.0. The van der Waals surface area contributed by atoms with E-state index in [1.807, 2.05) is 0 Å². The molecule has 0 saturated carbocycles. The Balaban J connectivity index is 1.04. The third-order valence-corrected chi connectivity index (χ3v) is 7.74. The summed E-state index contributed by atoms with van der Waals surface area (Å²) in [5.74, 6) is 0. The second kappa shape index (κ2) is 11.8. The lowest BCUT2D eigenvalue weighted by Gasteiger charge is -2.26. The number of likely N-dealkylation sites (tertiary alicyclic amines) is 1. The zero-order valence-electron chi connectivity index (χ0n) is 20.7. The van der Waals surface area contributed by atoms with E-state index < -0.39 is 0 Å². The lowest BCUT2D eigenvalue weighted by Crippen LogP contribution is -2.31. The van der Waals surface area contributed by atoms with Crippen LogP contribution in [-0.2, 0) is 19.3 Å². The monoisotopic (exact) mass is 455 g/mol. The molecule has 5 rings (SSSR count). The molecule has 1 saturated heterocycles. The van der Waals surface area contributed by atoms with Crippen molar-refractivity contribution in [3.05, 3.63) is 71.5 Å². The Labute approximate surface area is 204 Å². The Bertz CT molecular complexity index is 1130. The molecule has 34 heavy (non-hydrogen) atoms. The Morgan fingerprint density at radius 2 is 1.35 bits per heavy atom. The highest BCUT2D eigenvalue weighted by Gasteiger charge is 2.14. The Hall–Kier alpha value is -2.52. The fourth-order valence-corrected chi connectivity index (χ4v) is 5.80. The molecule has 3 heteroatoms. The van der Waals surface area contributed by atoms with Crippen molar-refractivity contribution >= 4 is 21.8 Å². The Morgan fingerprint density at radius 3 is 2.18 bits per heavy atom. The first kappa shape index (κ1) is 23.2. The average molecular weight is 456 g/mol. The number of rotatable bonds is 12. The van der Waals surface area contributed by atoms with Crippen LogP contribution in [0.15, 0.2) is 54.6 Å². The second-order valence-electron chi connectivity index (χ2n) is 10.3. The molecule has 0 amide bonds. The topological polar surface area (TPSA) is 34.8 Å². The van der Waals surface area contributed by atoms with Gasteiger partial charge in [-0.1, -0.05) is 68.5 Å². The van der Waals surface area contributed by atoms with Gasteiger partial charge >= 0.3 is 0 Å². The van der Waals surface area contributed by atoms with E-state index in [4.69, 9.17) is 0 Å². The number of aromatic nitrogens is 2. The van der Waals surface area contributed by atoms with E-state index in [2.05, 4.69) is 69.5 Å². The van der Waals surface area contributed by atoms with E-state index in [1.54, 1.807) is 5.56 Å². The summed E-state index contributed by atoms with van der Waals surface area (Å²) in [5.41, 5.74) is 7.06. The fourth-order valence-electron chi connectivity index (χ4n) is 5.80. The predicted octanol–water partition coefficient (Wildman–Crippen LogP) is 7.80. The molecule has 0 unspecified atom stereocenters. The van der Waals surface area contributed by atoms with Gasteiger partial charge in [0.25, 0.3) is 0 Å². The van der Waals surface area contributed by atoms with Crippen molar-refractivity contribution in [1.29, 1.82) is 0 Å². The molecule has 0 atom stereocenters. The van der Waals surface area contributed by atoms with Crippen LogP contribution in [0.3, 0.4) is 0 Å². The summed E-state index contributed by atoms with van der Waals surface area (Å²) in [6.45, 7) is 3.79. The van der Waals surface area contributed by atoms with Crippen molar-refractivity contribution < 1.29 is 0 Å². The maximum atomic E-state index is 3.77. The van der Waals surface area contributed by atoms with Crippen molar-refractivity contribution in [2.75, 3.05) is 19.6 Å². The maximum Gasteiger partial charge on any atom is 0.0458 e. The van der Waals surface area contributed by atoms with Gasteiger partial charge in [-0.2, -0.15) is 0 Å². The number of benzene rings is 2. The fraction of sp³-hybridized carbons (Fsp3) is 0.484. The van der Waals surface area contributed by atoms with Gasteiger partial charge in [0.1, 0.15) is 0 Å². The highest BCUT2D eigenvalue weighted by atomic mass is 15.1. The molecule has 0 aliphatic carbocycles. The van der Waals surface area contributed by atoms with Gasteiger partial charge in [-0.3, -0.25) is 0 Å². The van der Waals surface area contributed by atoms with Gasteiger partial charge in [0.05, 0.1) is 0 Å². The predicted molar refractivity (Wildman–Crippen MR) is 146 cm³/mol. The van der Waals surface area contributed by atoms with Gasteiger partial charge in [-0.15, -0.1) is 0 Å². The summed E-state index contributed by atoms with van der Waals surface area (Å²) in [6, 6.07) is 19.8. The third kappa shape index (κ3) is 5.93. The van der Waals surface area contributed by atoms with Crippen molar-refractivity contribution in [2.45, 2.75) is 77.0 Å². The van der Waals surface area contributed by atoms with Crippen LogP contribution in [0.1, 0.15) is 74.7 Å². The molecular formula is C31H41N3. The summed E-state index contributed by atoms with van der Waals surface area (Å²) in [4.78, 5) is 10.0. The maximum absolute atomic E-state index is 3.77. The van der Waals surface area contributed by atoms with Crippen LogP contribution in [0, 0.1) is 0 Å². The zero-order valence-corrected chi connectivity index (χ0v) is 20.7. The van der Waals surface area contributed by atoms with E-state index in [0.29, 0.717) is 0 Å². The molecule has 1 aliphatic heterocycles. The molecule has 180 valence electrons. The quantitative estimate of drug-likeness (QED) is 0.210. The Kier molecular flexibility index (Phi) is 8.03. The molecular weight excluding hydrogens is 414 g/mol. The van der Waals surface area contributed by atoms with Crippen molar-refractivity contribution in [3.8, 4) is 0 Å². The minimum Gasteiger partial charge on any atom is -0.358 e. The van der Waals surface area contributed by atoms with Crippen LogP contribution in [0.2, 0.25) is 0 Å². The molecule has 0 bridgehead atoms. The highest BCUT2D eigenvalue weighted by molar-refractivity contribution is 5.84. The van der Waals surface area contributed by atoms with E-state index in [1.165, 1.54) is 130 Å². The number of hydrogen-bond donors (Lipinski definition) is 2. The summed E-state index contributed by atoms with van der Waals surface area (Å²) >= 11 is 0. The minimum atomic E-state index is 1.17. The molecule has 0 radical (unpaired) electrons. The lowest BCUT2D eigenvalue weighted by molar-refractivity contribution is 0.231. The number of para-hydroxylation sites is 2. The molecule has 1 aliphatic rings. The molecule has 2 N–H and O–H groups in total. The third-order valence-electron chi connectivity index (χ3n) is 7.74. The van der Waals surface area contributed by atoms with Crippen LogP contribution >= 0.6 is 0 Å². The number of nitrogens with zero attached hydrogens (tertiary/aromatic N) is 1. The van der Waals surface area contributed by atoms with E-state index in [9.17, 15) is 0 Å². The van der Waals surface area contributed by atoms with Crippen LogP contribution < -0.4 is 0 Å². The largest absolute Gasteiger partial charge is 0.358 e. The van der Waals surface area contributed by atoms with Gasteiger partial charge < -0.3 is 14.9 Å². The number of H-pyrrole nitrogens is 2. The Morgan fingerprint density at radius 1 is 0.647 bits per heavy atom. The number of aromatic amines is 2. The van der Waals surface area contributed by atoms with Crippen LogP contribution in [0.25, 0.3) is 21.8 Å². The van der Waals surface area contributed by atoms with E-state index in [0.717, 1.165) is 0 Å². The first-order valence-electron chi connectivity index (χ1n) is 13.7. The molecule has 1 fully saturated rings. The first-order valence-corrected chi connectivity index (χ1v) is 13.7. The van der Waals surface area contributed by atoms with E-state index >= 15 is 0 Å². The van der Waals surface area contributed by atoms with E-state index in [-0.39, 0.29) is 0 Å². The number of piperidine rings is 1. The van der Waals surface area contributed by atoms with Crippen molar-refractivity contribution in [3.63, 3.8) is 0 Å². The number of hydrogen-bond acceptors (Lipinski definition) is 1. The van der Waals surface area contributed by atoms with Crippen LogP contribution in [0.5, 0.6) is 0 Å². The second-order valence-corrected chi connectivity index (χ2v) is 10.3. The standard InChI is InChI=1S/C31H41N3/c1(3-6-15-26-24-25-14-8-10-17-29(25)32-26)2-4-7-18-31-28(20-23-34-21-12-5-13-22-34)27-16-9-11-19-30(27)33-31/h8-11,14,16-17,19,24,32-33H,1-7,12-13,15,18,20-23H2. The summed E-state index contributed by atoms with van der Waals surface area (Å²) < 4.78 is 0. The molecule has 0 spiro atoms. The normalized spacial score (nSPS) is 14.9. The molecule has 3 heterocycles. The summed E-state index contributed by atoms with van der Waals surface area (Å²) in [7, 11) is 0. The molecule has 2 aromatic heterocycles. The SMILES string of the molecule is c1ccc2[nH]c(CCCCCCCCc3[nH]c4ccccc4c3CCN3CCCCC3)cc2c1. The first-order chi connectivity index (χ1) is 16.9. The number of unbranched alkanes of at least 4 members (excludes halogenated alkanes) is 5. The highest BCUT2D eigenvalue weighted by Crippen LogP contribution is 2.25. The molecule has 3 nitrogen and oxygen atoms in total. The summed E-state index contributed by atoms with van der Waals surface area (Å²) in [6.07, 6.45) is 15.7. The van der Waals surface area contributed by atoms with Crippen molar-refractivity contribution in [2.24, 2.45) is 0 Å². The minimum absolute atomic E-state index is 1.17. The van der Waals surface area contributed by atoms with Gasteiger partial charge in [0.2, 0.25) is 0 Å². The smallest absolute Gasteiger partial charge is 0.0458 e. The number of nitrogens with one attached hydrogen (secondary N) is 2. The number of fused-ring (bicyclic) bond motifs is 2. The van der Waals surface area contributed by atoms with Crippen molar-refractivity contribution in [1.82, 2.24) is 14.9 Å². The summed E-state index contributed by atoms with van der Waals surface area (Å²) in [5, 5.41) is 2.79. The van der Waals surface area contributed by atoms with Gasteiger partial charge in [0, 0.05) is 34.4 Å². The molecule has 2 aromatic carbocycles. The molecule has 4 aromatic rings.